The first-order valence-electron chi connectivity index (χ1n) is 4.83. The third-order valence-electron chi connectivity index (χ3n) is 2.15. The Kier molecular flexibility index (Phi) is 3.72. The highest BCUT2D eigenvalue weighted by Crippen LogP contribution is 2.36. The minimum absolute atomic E-state index is 0.0279. The Hall–Kier alpha value is -1.34. The lowest BCUT2D eigenvalue weighted by atomic mass is 10.1. The van der Waals surface area contributed by atoms with Crippen LogP contribution in [0.2, 0.25) is 5.02 Å². The molecule has 0 unspecified atom stereocenters. The van der Waals surface area contributed by atoms with Crippen molar-refractivity contribution in [2.24, 2.45) is 0 Å². The van der Waals surface area contributed by atoms with Crippen LogP contribution in [0.3, 0.4) is 0 Å². The number of rotatable bonds is 3. The lowest BCUT2D eigenvalue weighted by Crippen LogP contribution is -2.11. The number of anilines is 1. The monoisotopic (exact) mass is 293 g/mol. The molecule has 8 heteroatoms. The number of benzene rings is 1. The van der Waals surface area contributed by atoms with Crippen molar-refractivity contribution in [2.45, 2.75) is 12.7 Å². The fraction of sp³-hybridized carbons (Fsp3) is 0.200. The molecule has 2 rings (SSSR count). The van der Waals surface area contributed by atoms with Crippen LogP contribution in [0.25, 0.3) is 0 Å². The first-order valence-corrected chi connectivity index (χ1v) is 6.05. The Balaban J connectivity index is 2.22. The van der Waals surface area contributed by atoms with Crippen molar-refractivity contribution in [3.8, 4) is 0 Å². The van der Waals surface area contributed by atoms with Crippen molar-refractivity contribution in [2.75, 3.05) is 5.32 Å². The molecule has 0 radical (unpaired) electrons. The van der Waals surface area contributed by atoms with E-state index in [1.807, 2.05) is 0 Å². The number of nitrogens with one attached hydrogen (secondary N) is 1. The van der Waals surface area contributed by atoms with Gasteiger partial charge in [0, 0.05) is 16.1 Å². The molecule has 0 atom stereocenters. The molecular formula is C10H7ClF3N3S. The average Bonchev–Trinajstić information content (AvgIpc) is 2.79. The largest absolute Gasteiger partial charge is 0.418 e. The Morgan fingerprint density at radius 1 is 1.33 bits per heavy atom. The number of halogens is 4. The first-order chi connectivity index (χ1) is 8.47. The molecule has 1 aromatic heterocycles. The van der Waals surface area contributed by atoms with Crippen LogP contribution < -0.4 is 5.32 Å². The standard InChI is InChI=1S/C10H7ClF3N3S/c11-6-1-2-9(8(3-6)10(12,13)14)15-4-7-5-18-17-16-7/h1-3,5,15H,4H2. The summed E-state index contributed by atoms with van der Waals surface area (Å²) in [5.41, 5.74) is -0.235. The van der Waals surface area contributed by atoms with Gasteiger partial charge in [0.2, 0.25) is 0 Å². The van der Waals surface area contributed by atoms with Crippen molar-refractivity contribution in [1.29, 1.82) is 0 Å². The summed E-state index contributed by atoms with van der Waals surface area (Å²) in [6, 6.07) is 3.59. The van der Waals surface area contributed by atoms with E-state index < -0.39 is 11.7 Å². The van der Waals surface area contributed by atoms with Crippen LogP contribution in [0, 0.1) is 0 Å². The third-order valence-corrected chi connectivity index (χ3v) is 2.94. The molecule has 1 heterocycles. The van der Waals surface area contributed by atoms with E-state index in [4.69, 9.17) is 11.6 Å². The molecule has 3 nitrogen and oxygen atoms in total. The summed E-state index contributed by atoms with van der Waals surface area (Å²) in [6.07, 6.45) is -4.45. The van der Waals surface area contributed by atoms with Crippen LogP contribution in [-0.4, -0.2) is 9.59 Å². The van der Waals surface area contributed by atoms with E-state index in [2.05, 4.69) is 14.9 Å². The van der Waals surface area contributed by atoms with Crippen LogP contribution in [0.15, 0.2) is 23.6 Å². The number of hydrogen-bond donors (Lipinski definition) is 1. The maximum Gasteiger partial charge on any atom is 0.418 e. The molecule has 0 saturated heterocycles. The zero-order valence-corrected chi connectivity index (χ0v) is 10.4. The molecule has 0 fully saturated rings. The Bertz CT molecular complexity index is 528. The van der Waals surface area contributed by atoms with Gasteiger partial charge in [0.15, 0.2) is 0 Å². The zero-order valence-electron chi connectivity index (χ0n) is 8.83. The van der Waals surface area contributed by atoms with Gasteiger partial charge in [0.05, 0.1) is 17.8 Å². The predicted molar refractivity (Wildman–Crippen MR) is 63.7 cm³/mol. The molecule has 0 bridgehead atoms. The van der Waals surface area contributed by atoms with E-state index in [0.29, 0.717) is 5.69 Å². The second-order valence-electron chi connectivity index (χ2n) is 3.44. The van der Waals surface area contributed by atoms with Crippen molar-refractivity contribution < 1.29 is 13.2 Å². The van der Waals surface area contributed by atoms with Gasteiger partial charge in [-0.1, -0.05) is 16.1 Å². The Labute approximate surface area is 110 Å². The van der Waals surface area contributed by atoms with Gasteiger partial charge < -0.3 is 5.32 Å². The summed E-state index contributed by atoms with van der Waals surface area (Å²) in [7, 11) is 0. The van der Waals surface area contributed by atoms with Gasteiger partial charge in [-0.3, -0.25) is 0 Å². The highest BCUT2D eigenvalue weighted by molar-refractivity contribution is 7.03. The van der Waals surface area contributed by atoms with E-state index in [0.717, 1.165) is 17.6 Å². The van der Waals surface area contributed by atoms with Gasteiger partial charge in [0.25, 0.3) is 0 Å². The summed E-state index contributed by atoms with van der Waals surface area (Å²) in [5.74, 6) is 0. The maximum atomic E-state index is 12.8. The number of hydrogen-bond acceptors (Lipinski definition) is 4. The zero-order chi connectivity index (χ0) is 13.2. The van der Waals surface area contributed by atoms with Gasteiger partial charge in [-0.2, -0.15) is 13.2 Å². The molecule has 0 amide bonds. The second-order valence-corrected chi connectivity index (χ2v) is 4.48. The second kappa shape index (κ2) is 5.11. The van der Waals surface area contributed by atoms with E-state index >= 15 is 0 Å². The summed E-state index contributed by atoms with van der Waals surface area (Å²) in [5, 5.41) is 8.12. The Morgan fingerprint density at radius 2 is 2.11 bits per heavy atom. The predicted octanol–water partition coefficient (Wildman–Crippen LogP) is 3.82. The van der Waals surface area contributed by atoms with Crippen molar-refractivity contribution in [3.63, 3.8) is 0 Å². The lowest BCUT2D eigenvalue weighted by Gasteiger charge is -2.14. The van der Waals surface area contributed by atoms with E-state index in [-0.39, 0.29) is 17.3 Å². The van der Waals surface area contributed by atoms with Crippen LogP contribution >= 0.6 is 23.1 Å². The van der Waals surface area contributed by atoms with Gasteiger partial charge in [-0.25, -0.2) is 0 Å². The molecular weight excluding hydrogens is 287 g/mol. The van der Waals surface area contributed by atoms with Crippen LogP contribution in [-0.2, 0) is 12.7 Å². The van der Waals surface area contributed by atoms with Crippen molar-refractivity contribution in [3.05, 3.63) is 39.9 Å². The molecule has 0 aliphatic heterocycles. The number of alkyl halides is 3. The SMILES string of the molecule is FC(F)(F)c1cc(Cl)ccc1NCc1csnn1. The first kappa shape index (κ1) is 13.1. The molecule has 0 spiro atoms. The summed E-state index contributed by atoms with van der Waals surface area (Å²) < 4.78 is 41.9. The van der Waals surface area contributed by atoms with Gasteiger partial charge >= 0.3 is 6.18 Å². The molecule has 2 aromatic rings. The minimum atomic E-state index is -4.45. The number of aromatic nitrogens is 2. The molecule has 18 heavy (non-hydrogen) atoms. The highest BCUT2D eigenvalue weighted by Gasteiger charge is 2.33. The molecule has 1 N–H and O–H groups in total. The van der Waals surface area contributed by atoms with Crippen molar-refractivity contribution >= 4 is 28.8 Å². The topological polar surface area (TPSA) is 37.8 Å². The van der Waals surface area contributed by atoms with Gasteiger partial charge in [-0.05, 0) is 29.7 Å². The fourth-order valence-electron chi connectivity index (χ4n) is 1.35. The van der Waals surface area contributed by atoms with Crippen LogP contribution in [0.4, 0.5) is 18.9 Å². The average molecular weight is 294 g/mol. The third kappa shape index (κ3) is 3.11. The molecule has 0 aliphatic carbocycles. The van der Waals surface area contributed by atoms with Crippen LogP contribution in [0.5, 0.6) is 0 Å². The summed E-state index contributed by atoms with van der Waals surface area (Å²) in [4.78, 5) is 0. The smallest absolute Gasteiger partial charge is 0.379 e. The normalized spacial score (nSPS) is 11.6. The van der Waals surface area contributed by atoms with E-state index in [9.17, 15) is 13.2 Å². The quantitative estimate of drug-likeness (QED) is 0.935. The van der Waals surface area contributed by atoms with Gasteiger partial charge in [0.1, 0.15) is 0 Å². The fourth-order valence-corrected chi connectivity index (χ4v) is 1.98. The van der Waals surface area contributed by atoms with Crippen molar-refractivity contribution in [1.82, 2.24) is 9.59 Å². The highest BCUT2D eigenvalue weighted by atomic mass is 35.5. The Morgan fingerprint density at radius 3 is 2.72 bits per heavy atom. The maximum absolute atomic E-state index is 12.8. The summed E-state index contributed by atoms with van der Waals surface area (Å²) in [6.45, 7) is 0.182. The lowest BCUT2D eigenvalue weighted by molar-refractivity contribution is -0.136. The number of nitrogens with zero attached hydrogens (tertiary/aromatic N) is 2. The van der Waals surface area contributed by atoms with Gasteiger partial charge in [-0.15, -0.1) is 5.10 Å². The molecule has 0 saturated carbocycles. The minimum Gasteiger partial charge on any atom is -0.379 e. The summed E-state index contributed by atoms with van der Waals surface area (Å²) >= 11 is 6.72. The van der Waals surface area contributed by atoms with E-state index in [1.165, 1.54) is 12.1 Å². The van der Waals surface area contributed by atoms with E-state index in [1.54, 1.807) is 5.38 Å². The van der Waals surface area contributed by atoms with Crippen LogP contribution in [0.1, 0.15) is 11.3 Å². The molecule has 96 valence electrons. The molecule has 0 aliphatic rings. The molecule has 1 aromatic carbocycles.